The molecule has 0 unspecified atom stereocenters. The van der Waals surface area contributed by atoms with Gasteiger partial charge in [0.2, 0.25) is 10.0 Å². The average Bonchev–Trinajstić information content (AvgIpc) is 2.18. The van der Waals surface area contributed by atoms with Gasteiger partial charge >= 0.3 is 5.97 Å². The summed E-state index contributed by atoms with van der Waals surface area (Å²) in [6.45, 7) is 4.54. The van der Waals surface area contributed by atoms with E-state index in [1.54, 1.807) is 0 Å². The zero-order valence-corrected chi connectivity index (χ0v) is 11.1. The second kappa shape index (κ2) is 4.49. The molecular weight excluding hydrogens is 258 g/mol. The van der Waals surface area contributed by atoms with Gasteiger partial charge in [0.15, 0.2) is 0 Å². The number of rotatable bonds is 3. The van der Waals surface area contributed by atoms with Crippen molar-refractivity contribution < 1.29 is 23.4 Å². The van der Waals surface area contributed by atoms with Crippen LogP contribution in [0.3, 0.4) is 0 Å². The zero-order chi connectivity index (χ0) is 14.1. The summed E-state index contributed by atoms with van der Waals surface area (Å²) in [6.07, 6.45) is 0. The monoisotopic (exact) mass is 273 g/mol. The smallest absolute Gasteiger partial charge is 0.335 e. The lowest BCUT2D eigenvalue weighted by Gasteiger charge is -2.20. The number of aromatic hydroxyl groups is 1. The van der Waals surface area contributed by atoms with Crippen LogP contribution >= 0.6 is 0 Å². The Morgan fingerprint density at radius 3 is 2.22 bits per heavy atom. The van der Waals surface area contributed by atoms with Gasteiger partial charge < -0.3 is 10.2 Å². The number of phenols is 1. The number of carbonyl (C=O) groups is 1. The Hall–Kier alpha value is -1.76. The number of carboxylic acids is 1. The molecule has 0 saturated heterocycles. The van der Waals surface area contributed by atoms with Crippen LogP contribution in [0.1, 0.15) is 31.1 Å². The second-order valence-corrected chi connectivity index (χ2v) is 7.19. The molecule has 1 rings (SSSR count). The first-order valence-corrected chi connectivity index (χ1v) is 6.61. The van der Waals surface area contributed by atoms with Crippen molar-refractivity contribution in [2.45, 2.75) is 25.5 Å². The van der Waals surface area contributed by atoms with Crippen LogP contribution in [0.5, 0.6) is 5.75 Å². The zero-order valence-electron chi connectivity index (χ0n) is 10.3. The molecule has 7 heteroatoms. The molecule has 3 N–H and O–H groups in total. The van der Waals surface area contributed by atoms with Gasteiger partial charge in [-0.25, -0.2) is 13.2 Å². The van der Waals surface area contributed by atoms with Crippen LogP contribution in [0, 0.1) is 0 Å². The lowest BCUT2D eigenvalue weighted by molar-refractivity contribution is 0.0696. The maximum atomic E-state index is 11.9. The fourth-order valence-electron chi connectivity index (χ4n) is 1.05. The van der Waals surface area contributed by atoms with Gasteiger partial charge in [-0.3, -0.25) is 4.72 Å². The lowest BCUT2D eigenvalue weighted by Crippen LogP contribution is -2.33. The number of phenolic OH excluding ortho intramolecular Hbond substituents is 1. The molecule has 0 aromatic heterocycles. The van der Waals surface area contributed by atoms with Gasteiger partial charge in [0.05, 0.1) is 16.0 Å². The first kappa shape index (κ1) is 14.3. The van der Waals surface area contributed by atoms with E-state index in [2.05, 4.69) is 4.72 Å². The molecule has 0 radical (unpaired) electrons. The van der Waals surface area contributed by atoms with Gasteiger partial charge in [0.25, 0.3) is 0 Å². The second-order valence-electron chi connectivity index (χ2n) is 4.75. The quantitative estimate of drug-likeness (QED) is 0.726. The summed E-state index contributed by atoms with van der Waals surface area (Å²) in [4.78, 5) is 10.7. The summed E-state index contributed by atoms with van der Waals surface area (Å²) in [5, 5.41) is 18.3. The Balaban J connectivity index is 3.11. The Kier molecular flexibility index (Phi) is 3.57. The molecule has 0 aliphatic rings. The number of benzene rings is 1. The molecule has 0 aliphatic heterocycles. The minimum atomic E-state index is -3.66. The van der Waals surface area contributed by atoms with E-state index in [0.29, 0.717) is 0 Å². The highest BCUT2D eigenvalue weighted by atomic mass is 32.2. The highest BCUT2D eigenvalue weighted by molar-refractivity contribution is 7.94. The van der Waals surface area contributed by atoms with Crippen molar-refractivity contribution in [3.05, 3.63) is 23.8 Å². The van der Waals surface area contributed by atoms with Crippen LogP contribution in [0.25, 0.3) is 0 Å². The molecule has 0 amide bonds. The Morgan fingerprint density at radius 2 is 1.83 bits per heavy atom. The maximum absolute atomic E-state index is 11.9. The van der Waals surface area contributed by atoms with Gasteiger partial charge in [-0.1, -0.05) is 0 Å². The van der Waals surface area contributed by atoms with Crippen LogP contribution in [0.2, 0.25) is 0 Å². The molecule has 0 heterocycles. The number of sulfonamides is 1. The standard InChI is InChI=1S/C11H15NO5S/c1-11(2,3)18(16,17)12-8-5-4-7(10(14)15)6-9(8)13/h4-6,12-13H,1-3H3,(H,14,15). The van der Waals surface area contributed by atoms with Crippen LogP contribution in [0.15, 0.2) is 18.2 Å². The van der Waals surface area contributed by atoms with Crippen molar-refractivity contribution in [3.8, 4) is 5.75 Å². The van der Waals surface area contributed by atoms with E-state index in [-0.39, 0.29) is 11.3 Å². The summed E-state index contributed by atoms with van der Waals surface area (Å²) in [5.41, 5.74) is -0.166. The third kappa shape index (κ3) is 2.92. The summed E-state index contributed by atoms with van der Waals surface area (Å²) >= 11 is 0. The molecule has 1 aromatic carbocycles. The van der Waals surface area contributed by atoms with E-state index >= 15 is 0 Å². The Bertz CT molecular complexity index is 572. The number of carboxylic acid groups (broad SMARTS) is 1. The Morgan fingerprint density at radius 1 is 1.28 bits per heavy atom. The van der Waals surface area contributed by atoms with Crippen molar-refractivity contribution >= 4 is 21.7 Å². The first-order chi connectivity index (χ1) is 8.04. The molecular formula is C11H15NO5S. The van der Waals surface area contributed by atoms with E-state index in [9.17, 15) is 18.3 Å². The first-order valence-electron chi connectivity index (χ1n) is 5.13. The van der Waals surface area contributed by atoms with Gasteiger partial charge in [0, 0.05) is 0 Å². The van der Waals surface area contributed by atoms with Gasteiger partial charge in [0.1, 0.15) is 5.75 Å². The molecule has 0 atom stereocenters. The van der Waals surface area contributed by atoms with Crippen LogP contribution in [-0.4, -0.2) is 29.3 Å². The fraction of sp³-hybridized carbons (Fsp3) is 0.364. The van der Waals surface area contributed by atoms with E-state index in [4.69, 9.17) is 5.11 Å². The normalized spacial score (nSPS) is 12.2. The minimum absolute atomic E-state index is 0.0464. The van der Waals surface area contributed by atoms with Gasteiger partial charge in [-0.2, -0.15) is 0 Å². The fourth-order valence-corrected chi connectivity index (χ4v) is 1.82. The van der Waals surface area contributed by atoms with Crippen molar-refractivity contribution in [2.75, 3.05) is 4.72 Å². The summed E-state index contributed by atoms with van der Waals surface area (Å²) in [5.74, 6) is -1.63. The molecule has 6 nitrogen and oxygen atoms in total. The van der Waals surface area contributed by atoms with E-state index in [0.717, 1.165) is 6.07 Å². The van der Waals surface area contributed by atoms with Crippen molar-refractivity contribution in [2.24, 2.45) is 0 Å². The minimum Gasteiger partial charge on any atom is -0.506 e. The number of anilines is 1. The average molecular weight is 273 g/mol. The summed E-state index contributed by atoms with van der Waals surface area (Å²) < 4.78 is 24.9. The predicted molar refractivity (Wildman–Crippen MR) is 67.4 cm³/mol. The van der Waals surface area contributed by atoms with Crippen LogP contribution in [0.4, 0.5) is 5.69 Å². The topological polar surface area (TPSA) is 104 Å². The predicted octanol–water partition coefficient (Wildman–Crippen LogP) is 1.63. The Labute approximate surface area is 105 Å². The number of aromatic carboxylic acids is 1. The third-order valence-electron chi connectivity index (χ3n) is 2.30. The molecule has 100 valence electrons. The van der Waals surface area contributed by atoms with Crippen molar-refractivity contribution in [3.63, 3.8) is 0 Å². The molecule has 0 spiro atoms. The summed E-state index contributed by atoms with van der Waals surface area (Å²) in [7, 11) is -3.66. The van der Waals surface area contributed by atoms with E-state index < -0.39 is 26.5 Å². The number of hydrogen-bond donors (Lipinski definition) is 3. The van der Waals surface area contributed by atoms with E-state index in [1.807, 2.05) is 0 Å². The van der Waals surface area contributed by atoms with Crippen molar-refractivity contribution in [1.82, 2.24) is 0 Å². The SMILES string of the molecule is CC(C)(C)S(=O)(=O)Nc1ccc(C(=O)O)cc1O. The van der Waals surface area contributed by atoms with Gasteiger partial charge in [-0.15, -0.1) is 0 Å². The third-order valence-corrected chi connectivity index (χ3v) is 4.40. The number of nitrogens with one attached hydrogen (secondary N) is 1. The molecule has 1 aromatic rings. The molecule has 0 aliphatic carbocycles. The van der Waals surface area contributed by atoms with E-state index in [1.165, 1.54) is 32.9 Å². The molecule has 18 heavy (non-hydrogen) atoms. The molecule has 0 saturated carbocycles. The lowest BCUT2D eigenvalue weighted by atomic mass is 10.2. The molecule has 0 fully saturated rings. The molecule has 0 bridgehead atoms. The largest absolute Gasteiger partial charge is 0.506 e. The van der Waals surface area contributed by atoms with Gasteiger partial charge in [-0.05, 0) is 39.0 Å². The highest BCUT2D eigenvalue weighted by Crippen LogP contribution is 2.28. The highest BCUT2D eigenvalue weighted by Gasteiger charge is 2.29. The van der Waals surface area contributed by atoms with Crippen molar-refractivity contribution in [1.29, 1.82) is 0 Å². The van der Waals surface area contributed by atoms with Crippen LogP contribution in [-0.2, 0) is 10.0 Å². The van der Waals surface area contributed by atoms with Crippen LogP contribution < -0.4 is 4.72 Å². The number of hydrogen-bond acceptors (Lipinski definition) is 4. The maximum Gasteiger partial charge on any atom is 0.335 e. The summed E-state index contributed by atoms with van der Waals surface area (Å²) in [6, 6.07) is 3.41.